The largest absolute Gasteiger partial charge is 0.466 e. The number of H-pyrrole nitrogens is 1. The van der Waals surface area contributed by atoms with Crippen LogP contribution in [-0.4, -0.2) is 29.7 Å². The van der Waals surface area contributed by atoms with Gasteiger partial charge in [-0.3, -0.25) is 10.8 Å². The Morgan fingerprint density at radius 3 is 2.32 bits per heavy atom. The number of nitrogen functional groups attached to an aromatic ring is 2. The summed E-state index contributed by atoms with van der Waals surface area (Å²) in [6.45, 7) is 0. The predicted molar refractivity (Wildman–Crippen MR) is 111 cm³/mol. The van der Waals surface area contributed by atoms with E-state index in [1.165, 1.54) is 13.2 Å². The molecule has 0 radical (unpaired) electrons. The number of allylic oxidation sites excluding steroid dienone is 1. The highest BCUT2D eigenvalue weighted by Crippen LogP contribution is 2.32. The second-order valence-corrected chi connectivity index (χ2v) is 6.27. The van der Waals surface area contributed by atoms with Gasteiger partial charge in [0.05, 0.1) is 12.8 Å². The van der Waals surface area contributed by atoms with Crippen LogP contribution in [-0.2, 0) is 16.0 Å². The Labute approximate surface area is 162 Å². The van der Waals surface area contributed by atoms with Crippen molar-refractivity contribution in [1.82, 2.24) is 4.98 Å². The number of esters is 1. The Morgan fingerprint density at radius 1 is 1.07 bits per heavy atom. The van der Waals surface area contributed by atoms with Crippen molar-refractivity contribution in [3.8, 4) is 11.3 Å². The van der Waals surface area contributed by atoms with E-state index < -0.39 is 5.97 Å². The van der Waals surface area contributed by atoms with Crippen LogP contribution in [0.5, 0.6) is 0 Å². The summed E-state index contributed by atoms with van der Waals surface area (Å²) < 4.78 is 4.65. The number of amidine groups is 2. The normalized spacial score (nSPS) is 11.0. The number of hydrogen-bond donors (Lipinski definition) is 5. The number of hydrogen-bond acceptors (Lipinski definition) is 4. The second-order valence-electron chi connectivity index (χ2n) is 6.27. The summed E-state index contributed by atoms with van der Waals surface area (Å²) in [4.78, 5) is 14.8. The van der Waals surface area contributed by atoms with Crippen LogP contribution in [0.4, 0.5) is 0 Å². The number of aromatic nitrogens is 1. The van der Waals surface area contributed by atoms with Gasteiger partial charge in [0, 0.05) is 28.1 Å². The van der Waals surface area contributed by atoms with Crippen LogP contribution in [0.15, 0.2) is 54.6 Å². The highest BCUT2D eigenvalue weighted by molar-refractivity contribution is 6.01. The van der Waals surface area contributed by atoms with E-state index in [1.54, 1.807) is 24.3 Å². The van der Waals surface area contributed by atoms with Gasteiger partial charge in [-0.25, -0.2) is 4.79 Å². The molecule has 0 aliphatic carbocycles. The van der Waals surface area contributed by atoms with E-state index in [-0.39, 0.29) is 11.7 Å². The number of nitrogens with two attached hydrogens (primary N) is 2. The maximum atomic E-state index is 11.4. The Balaban J connectivity index is 2.11. The number of carbonyl (C=O) groups excluding carboxylic acids is 1. The number of aromatic amines is 1. The van der Waals surface area contributed by atoms with Gasteiger partial charge in [0.2, 0.25) is 0 Å². The van der Waals surface area contributed by atoms with Gasteiger partial charge in [-0.15, -0.1) is 0 Å². The zero-order valence-electron chi connectivity index (χ0n) is 15.4. The lowest BCUT2D eigenvalue weighted by molar-refractivity contribution is -0.134. The molecule has 2 aromatic carbocycles. The molecule has 0 saturated heterocycles. The van der Waals surface area contributed by atoms with Crippen LogP contribution < -0.4 is 11.5 Å². The molecule has 28 heavy (non-hydrogen) atoms. The standard InChI is InChI=1S/C21H21N5O2/c1-28-18(27)4-2-3-16-15-10-9-14(21(24)25)11-17(15)26-19(16)12-5-7-13(8-6-12)20(22)23/h2,4-11,26H,3H2,1H3,(H3,22,23)(H3,24,25). The van der Waals surface area contributed by atoms with E-state index in [0.29, 0.717) is 17.5 Å². The van der Waals surface area contributed by atoms with Crippen molar-refractivity contribution in [3.05, 3.63) is 71.3 Å². The van der Waals surface area contributed by atoms with Crippen LogP contribution in [0.2, 0.25) is 0 Å². The maximum absolute atomic E-state index is 11.4. The highest BCUT2D eigenvalue weighted by atomic mass is 16.5. The minimum atomic E-state index is -0.411. The minimum Gasteiger partial charge on any atom is -0.466 e. The van der Waals surface area contributed by atoms with Crippen LogP contribution in [0.3, 0.4) is 0 Å². The third kappa shape index (κ3) is 3.78. The average Bonchev–Trinajstić information content (AvgIpc) is 3.05. The fourth-order valence-electron chi connectivity index (χ4n) is 3.04. The molecule has 142 valence electrons. The molecule has 7 nitrogen and oxygen atoms in total. The number of rotatable bonds is 6. The fourth-order valence-corrected chi connectivity index (χ4v) is 3.04. The molecule has 0 aliphatic rings. The zero-order valence-corrected chi connectivity index (χ0v) is 15.4. The molecular formula is C21H21N5O2. The predicted octanol–water partition coefficient (Wildman–Crippen LogP) is 2.67. The van der Waals surface area contributed by atoms with Gasteiger partial charge in [0.1, 0.15) is 11.7 Å². The van der Waals surface area contributed by atoms with Gasteiger partial charge in [-0.1, -0.05) is 42.5 Å². The number of ether oxygens (including phenoxy) is 1. The fraction of sp³-hybridized carbons (Fsp3) is 0.0952. The summed E-state index contributed by atoms with van der Waals surface area (Å²) >= 11 is 0. The number of nitrogens with one attached hydrogen (secondary N) is 3. The first-order chi connectivity index (χ1) is 13.4. The van der Waals surface area contributed by atoms with Crippen LogP contribution >= 0.6 is 0 Å². The third-order valence-electron chi connectivity index (χ3n) is 4.48. The van der Waals surface area contributed by atoms with E-state index >= 15 is 0 Å². The molecule has 3 aromatic rings. The maximum Gasteiger partial charge on any atom is 0.330 e. The lowest BCUT2D eigenvalue weighted by Crippen LogP contribution is -2.10. The number of methoxy groups -OCH3 is 1. The van der Waals surface area contributed by atoms with Crippen molar-refractivity contribution >= 4 is 28.5 Å². The molecule has 0 bridgehead atoms. The van der Waals surface area contributed by atoms with Crippen molar-refractivity contribution < 1.29 is 9.53 Å². The number of fused-ring (bicyclic) bond motifs is 1. The van der Waals surface area contributed by atoms with Gasteiger partial charge in [-0.2, -0.15) is 0 Å². The van der Waals surface area contributed by atoms with E-state index in [9.17, 15) is 4.79 Å². The summed E-state index contributed by atoms with van der Waals surface area (Å²) in [5, 5.41) is 16.2. The Morgan fingerprint density at radius 2 is 1.71 bits per heavy atom. The molecule has 0 spiro atoms. The van der Waals surface area contributed by atoms with Gasteiger partial charge >= 0.3 is 5.97 Å². The van der Waals surface area contributed by atoms with Crippen LogP contribution in [0, 0.1) is 10.8 Å². The summed E-state index contributed by atoms with van der Waals surface area (Å²) in [6, 6.07) is 12.9. The van der Waals surface area contributed by atoms with Gasteiger partial charge in [0.25, 0.3) is 0 Å². The summed E-state index contributed by atoms with van der Waals surface area (Å²) in [6.07, 6.45) is 3.66. The quantitative estimate of drug-likeness (QED) is 0.195. The second kappa shape index (κ2) is 7.79. The third-order valence-corrected chi connectivity index (χ3v) is 4.48. The molecule has 0 aliphatic heterocycles. The van der Waals surface area contributed by atoms with E-state index in [0.717, 1.165) is 27.7 Å². The lowest BCUT2D eigenvalue weighted by atomic mass is 10.0. The Kier molecular flexibility index (Phi) is 5.26. The summed E-state index contributed by atoms with van der Waals surface area (Å²) in [5.41, 5.74) is 16.1. The summed E-state index contributed by atoms with van der Waals surface area (Å²) in [7, 11) is 1.34. The van der Waals surface area contributed by atoms with Gasteiger partial charge < -0.3 is 21.2 Å². The SMILES string of the molecule is COC(=O)C=CCc1c(-c2ccc(C(=N)N)cc2)[nH]c2cc(C(=N)N)ccc12. The lowest BCUT2D eigenvalue weighted by Gasteiger charge is -2.05. The molecule has 0 amide bonds. The number of benzene rings is 2. The first-order valence-electron chi connectivity index (χ1n) is 8.59. The smallest absolute Gasteiger partial charge is 0.330 e. The summed E-state index contributed by atoms with van der Waals surface area (Å²) in [5.74, 6) is -0.405. The molecule has 0 fully saturated rings. The topological polar surface area (TPSA) is 142 Å². The van der Waals surface area contributed by atoms with Crippen LogP contribution in [0.25, 0.3) is 22.2 Å². The van der Waals surface area contributed by atoms with Gasteiger partial charge in [0.15, 0.2) is 0 Å². The first-order valence-corrected chi connectivity index (χ1v) is 8.59. The van der Waals surface area contributed by atoms with Crippen molar-refractivity contribution in [1.29, 1.82) is 10.8 Å². The zero-order chi connectivity index (χ0) is 20.3. The number of carbonyl (C=O) groups is 1. The van der Waals surface area contributed by atoms with Crippen molar-refractivity contribution in [2.24, 2.45) is 11.5 Å². The molecule has 3 rings (SSSR count). The molecule has 1 aromatic heterocycles. The highest BCUT2D eigenvalue weighted by Gasteiger charge is 2.14. The van der Waals surface area contributed by atoms with Crippen molar-refractivity contribution in [2.75, 3.05) is 7.11 Å². The molecule has 1 heterocycles. The van der Waals surface area contributed by atoms with E-state index in [2.05, 4.69) is 9.72 Å². The molecule has 7 N–H and O–H groups in total. The first kappa shape index (κ1) is 18.9. The molecule has 0 saturated carbocycles. The minimum absolute atomic E-state index is 0.00371. The van der Waals surface area contributed by atoms with Gasteiger partial charge in [-0.05, 0) is 23.6 Å². The van der Waals surface area contributed by atoms with Crippen LogP contribution in [0.1, 0.15) is 16.7 Å². The van der Waals surface area contributed by atoms with E-state index in [1.807, 2.05) is 24.3 Å². The van der Waals surface area contributed by atoms with E-state index in [4.69, 9.17) is 22.3 Å². The Hall–Kier alpha value is -3.87. The molecule has 0 unspecified atom stereocenters. The van der Waals surface area contributed by atoms with Crippen molar-refractivity contribution in [2.45, 2.75) is 6.42 Å². The molecule has 7 heteroatoms. The molecule has 0 atom stereocenters. The Bertz CT molecular complexity index is 1090. The average molecular weight is 375 g/mol. The van der Waals surface area contributed by atoms with Crippen molar-refractivity contribution in [3.63, 3.8) is 0 Å². The monoisotopic (exact) mass is 375 g/mol. The molecular weight excluding hydrogens is 354 g/mol.